The molecule has 1 fully saturated rings. The second-order valence-corrected chi connectivity index (χ2v) is 6.28. The number of carbonyl (C=O) groups is 1. The molecule has 0 saturated heterocycles. The van der Waals surface area contributed by atoms with Crippen molar-refractivity contribution in [3.05, 3.63) is 35.5 Å². The van der Waals surface area contributed by atoms with Crippen molar-refractivity contribution >= 4 is 5.91 Å². The summed E-state index contributed by atoms with van der Waals surface area (Å²) in [6, 6.07) is 4.81. The lowest BCUT2D eigenvalue weighted by atomic mass is 10.1. The van der Waals surface area contributed by atoms with Crippen LogP contribution in [0.25, 0.3) is 11.4 Å². The largest absolute Gasteiger partial charge is 0.355 e. The molecule has 0 radical (unpaired) electrons. The SMILES string of the molecule is Cc1ccc(-c2noc(CCC(=O)NCC(N)C3CC3)n2)cc1F. The molecule has 1 aliphatic carbocycles. The van der Waals surface area contributed by atoms with Crippen molar-refractivity contribution in [1.82, 2.24) is 15.5 Å². The molecule has 0 bridgehead atoms. The highest BCUT2D eigenvalue weighted by Crippen LogP contribution is 2.31. The molecular weight excluding hydrogens is 311 g/mol. The first kappa shape index (κ1) is 16.6. The highest BCUT2D eigenvalue weighted by Gasteiger charge is 2.28. The lowest BCUT2D eigenvalue weighted by Gasteiger charge is -2.10. The van der Waals surface area contributed by atoms with Gasteiger partial charge in [0, 0.05) is 31.0 Å². The average molecular weight is 332 g/mol. The number of hydrogen-bond donors (Lipinski definition) is 2. The van der Waals surface area contributed by atoms with E-state index in [2.05, 4.69) is 15.5 Å². The summed E-state index contributed by atoms with van der Waals surface area (Å²) < 4.78 is 18.7. The molecule has 128 valence electrons. The first-order valence-corrected chi connectivity index (χ1v) is 8.14. The van der Waals surface area contributed by atoms with E-state index in [0.717, 1.165) is 12.8 Å². The van der Waals surface area contributed by atoms with E-state index in [9.17, 15) is 9.18 Å². The number of aromatic nitrogens is 2. The minimum absolute atomic E-state index is 0.0420. The van der Waals surface area contributed by atoms with Gasteiger partial charge in [0.25, 0.3) is 0 Å². The van der Waals surface area contributed by atoms with E-state index in [-0.39, 0.29) is 24.2 Å². The maximum atomic E-state index is 13.6. The van der Waals surface area contributed by atoms with Crippen LogP contribution in [0.4, 0.5) is 4.39 Å². The maximum absolute atomic E-state index is 13.6. The summed E-state index contributed by atoms with van der Waals surface area (Å²) in [5, 5.41) is 6.66. The van der Waals surface area contributed by atoms with Gasteiger partial charge in [-0.05, 0) is 37.3 Å². The van der Waals surface area contributed by atoms with E-state index in [1.807, 2.05) is 0 Å². The Balaban J connectivity index is 1.50. The first-order valence-electron chi connectivity index (χ1n) is 8.14. The predicted octanol–water partition coefficient (Wildman–Crippen LogP) is 1.97. The Kier molecular flexibility index (Phi) is 4.89. The number of amides is 1. The summed E-state index contributed by atoms with van der Waals surface area (Å²) in [6.07, 6.45) is 2.90. The van der Waals surface area contributed by atoms with Gasteiger partial charge in [-0.15, -0.1) is 0 Å². The Morgan fingerprint density at radius 1 is 1.50 bits per heavy atom. The van der Waals surface area contributed by atoms with E-state index in [0.29, 0.717) is 41.7 Å². The zero-order chi connectivity index (χ0) is 17.1. The second kappa shape index (κ2) is 7.09. The zero-order valence-corrected chi connectivity index (χ0v) is 13.6. The van der Waals surface area contributed by atoms with Crippen molar-refractivity contribution in [2.75, 3.05) is 6.54 Å². The molecule has 3 N–H and O–H groups in total. The third-order valence-electron chi connectivity index (χ3n) is 4.23. The number of halogens is 1. The average Bonchev–Trinajstić information content (AvgIpc) is 3.32. The Bertz CT molecular complexity index is 727. The molecule has 1 atom stereocenters. The van der Waals surface area contributed by atoms with Crippen LogP contribution in [-0.2, 0) is 11.2 Å². The van der Waals surface area contributed by atoms with Gasteiger partial charge < -0.3 is 15.6 Å². The van der Waals surface area contributed by atoms with Crippen LogP contribution in [0.3, 0.4) is 0 Å². The molecule has 2 aromatic rings. The number of nitrogens with one attached hydrogen (secondary N) is 1. The molecule has 0 spiro atoms. The minimum atomic E-state index is -0.315. The number of rotatable bonds is 7. The first-order chi connectivity index (χ1) is 11.5. The number of hydrogen-bond acceptors (Lipinski definition) is 5. The molecule has 6 nitrogen and oxygen atoms in total. The molecule has 3 rings (SSSR count). The molecule has 1 aromatic carbocycles. The molecular formula is C17H21FN4O2. The lowest BCUT2D eigenvalue weighted by molar-refractivity contribution is -0.121. The summed E-state index contributed by atoms with van der Waals surface area (Å²) in [5.41, 5.74) is 7.05. The molecule has 1 unspecified atom stereocenters. The Labute approximate surface area is 139 Å². The highest BCUT2D eigenvalue weighted by atomic mass is 19.1. The zero-order valence-electron chi connectivity index (χ0n) is 13.6. The molecule has 7 heteroatoms. The fourth-order valence-corrected chi connectivity index (χ4v) is 2.44. The predicted molar refractivity (Wildman–Crippen MR) is 86.5 cm³/mol. The van der Waals surface area contributed by atoms with Gasteiger partial charge in [0.2, 0.25) is 17.6 Å². The Morgan fingerprint density at radius 3 is 3.00 bits per heavy atom. The number of carbonyl (C=O) groups excluding carboxylic acids is 1. The molecule has 24 heavy (non-hydrogen) atoms. The van der Waals surface area contributed by atoms with Crippen molar-refractivity contribution in [2.45, 2.75) is 38.6 Å². The van der Waals surface area contributed by atoms with Gasteiger partial charge in [0.1, 0.15) is 5.82 Å². The fraction of sp³-hybridized carbons (Fsp3) is 0.471. The molecule has 1 saturated carbocycles. The van der Waals surface area contributed by atoms with Gasteiger partial charge >= 0.3 is 0 Å². The number of aryl methyl sites for hydroxylation is 2. The summed E-state index contributed by atoms with van der Waals surface area (Å²) in [7, 11) is 0. The Morgan fingerprint density at radius 2 is 2.29 bits per heavy atom. The fourth-order valence-electron chi connectivity index (χ4n) is 2.44. The van der Waals surface area contributed by atoms with Crippen LogP contribution < -0.4 is 11.1 Å². The van der Waals surface area contributed by atoms with Crippen LogP contribution in [0.5, 0.6) is 0 Å². The third kappa shape index (κ3) is 4.17. The quantitative estimate of drug-likeness (QED) is 0.808. The molecule has 0 aliphatic heterocycles. The standard InChI is InChI=1S/C17H21FN4O2/c1-10-2-3-12(8-13(10)18)17-21-16(24-22-17)7-6-15(23)20-9-14(19)11-4-5-11/h2-3,8,11,14H,4-7,9,19H2,1H3,(H,20,23). The van der Waals surface area contributed by atoms with Gasteiger partial charge in [-0.3, -0.25) is 4.79 Å². The normalized spacial score (nSPS) is 15.3. The molecule has 1 aliphatic rings. The summed E-state index contributed by atoms with van der Waals surface area (Å²) in [5.74, 6) is 0.823. The lowest BCUT2D eigenvalue weighted by Crippen LogP contribution is -2.38. The van der Waals surface area contributed by atoms with Gasteiger partial charge in [-0.2, -0.15) is 4.98 Å². The van der Waals surface area contributed by atoms with Crippen molar-refractivity contribution in [3.8, 4) is 11.4 Å². The van der Waals surface area contributed by atoms with Crippen LogP contribution in [0.2, 0.25) is 0 Å². The van der Waals surface area contributed by atoms with Crippen molar-refractivity contribution < 1.29 is 13.7 Å². The van der Waals surface area contributed by atoms with Gasteiger partial charge in [-0.25, -0.2) is 4.39 Å². The molecule has 1 heterocycles. The van der Waals surface area contributed by atoms with Crippen molar-refractivity contribution in [3.63, 3.8) is 0 Å². The van der Waals surface area contributed by atoms with Gasteiger partial charge in [-0.1, -0.05) is 17.3 Å². The number of benzene rings is 1. The Hall–Kier alpha value is -2.28. The highest BCUT2D eigenvalue weighted by molar-refractivity contribution is 5.76. The van der Waals surface area contributed by atoms with E-state index < -0.39 is 0 Å². The van der Waals surface area contributed by atoms with Gasteiger partial charge in [0.05, 0.1) is 0 Å². The van der Waals surface area contributed by atoms with E-state index in [1.165, 1.54) is 6.07 Å². The van der Waals surface area contributed by atoms with Crippen molar-refractivity contribution in [2.24, 2.45) is 11.7 Å². The minimum Gasteiger partial charge on any atom is -0.355 e. The number of nitrogens with two attached hydrogens (primary N) is 1. The third-order valence-corrected chi connectivity index (χ3v) is 4.23. The van der Waals surface area contributed by atoms with Crippen molar-refractivity contribution in [1.29, 1.82) is 0 Å². The molecule has 1 amide bonds. The summed E-state index contributed by atoms with van der Waals surface area (Å²) >= 11 is 0. The van der Waals surface area contributed by atoms with E-state index >= 15 is 0 Å². The van der Waals surface area contributed by atoms with E-state index in [1.54, 1.807) is 19.1 Å². The van der Waals surface area contributed by atoms with Gasteiger partial charge in [0.15, 0.2) is 0 Å². The summed E-state index contributed by atoms with van der Waals surface area (Å²) in [4.78, 5) is 16.0. The van der Waals surface area contributed by atoms with Crippen LogP contribution in [0, 0.1) is 18.7 Å². The smallest absolute Gasteiger partial charge is 0.227 e. The van der Waals surface area contributed by atoms with E-state index in [4.69, 9.17) is 10.3 Å². The molecule has 1 aromatic heterocycles. The monoisotopic (exact) mass is 332 g/mol. The van der Waals surface area contributed by atoms with Crippen LogP contribution in [-0.4, -0.2) is 28.6 Å². The maximum Gasteiger partial charge on any atom is 0.227 e. The second-order valence-electron chi connectivity index (χ2n) is 6.28. The topological polar surface area (TPSA) is 94.0 Å². The van der Waals surface area contributed by atoms with Crippen LogP contribution in [0.1, 0.15) is 30.7 Å². The summed E-state index contributed by atoms with van der Waals surface area (Å²) in [6.45, 7) is 2.19. The number of nitrogens with zero attached hydrogens (tertiary/aromatic N) is 2. The van der Waals surface area contributed by atoms with Crippen LogP contribution in [0.15, 0.2) is 22.7 Å². The van der Waals surface area contributed by atoms with Crippen LogP contribution >= 0.6 is 0 Å².